The van der Waals surface area contributed by atoms with Gasteiger partial charge in [-0.05, 0) is 46.1 Å². The molecule has 9 nitrogen and oxygen atoms in total. The molecule has 0 spiro atoms. The van der Waals surface area contributed by atoms with Gasteiger partial charge in [-0.3, -0.25) is 25.7 Å². The average Bonchev–Trinajstić information content (AvgIpc) is 2.52. The Morgan fingerprint density at radius 3 is 2.50 bits per heavy atom. The van der Waals surface area contributed by atoms with E-state index in [1.807, 2.05) is 20.8 Å². The summed E-state index contributed by atoms with van der Waals surface area (Å²) in [6, 6.07) is 3.39. The van der Waals surface area contributed by atoms with Crippen LogP contribution < -0.4 is 5.43 Å². The number of nitrogens with zero attached hydrogens (tertiary/aromatic N) is 3. The molecule has 0 aromatic heterocycles. The van der Waals surface area contributed by atoms with Crippen LogP contribution in [0.25, 0.3) is 0 Å². The molecular formula is C15H22N4O5. The Morgan fingerprint density at radius 1 is 1.29 bits per heavy atom. The SMILES string of the molecule is COC(C)(C)CCC/C(C)=N/Nc1ccc([N+](=O)[O-])cc1[N+](=O)[O-]. The lowest BCUT2D eigenvalue weighted by molar-refractivity contribution is -0.393. The van der Waals surface area contributed by atoms with Crippen molar-refractivity contribution in [2.24, 2.45) is 5.10 Å². The van der Waals surface area contributed by atoms with E-state index in [1.165, 1.54) is 12.1 Å². The van der Waals surface area contributed by atoms with E-state index in [4.69, 9.17) is 4.74 Å². The van der Waals surface area contributed by atoms with Gasteiger partial charge in [-0.25, -0.2) is 0 Å². The molecule has 132 valence electrons. The van der Waals surface area contributed by atoms with E-state index in [0.717, 1.165) is 24.6 Å². The number of nitro groups is 2. The third kappa shape index (κ3) is 5.92. The van der Waals surface area contributed by atoms with Crippen LogP contribution >= 0.6 is 0 Å². The lowest BCUT2D eigenvalue weighted by atomic mass is 10.0. The van der Waals surface area contributed by atoms with Crippen molar-refractivity contribution in [3.8, 4) is 0 Å². The van der Waals surface area contributed by atoms with E-state index in [-0.39, 0.29) is 22.7 Å². The Bertz CT molecular complexity index is 643. The standard InChI is InChI=1S/C15H22N4O5/c1-11(6-5-9-15(2,3)24-4)16-17-13-8-7-12(18(20)21)10-14(13)19(22)23/h7-8,10,17H,5-6,9H2,1-4H3/b16-11+. The molecule has 0 fully saturated rings. The molecule has 1 aromatic rings. The fourth-order valence-corrected chi connectivity index (χ4v) is 1.96. The van der Waals surface area contributed by atoms with Gasteiger partial charge in [0.05, 0.1) is 21.5 Å². The third-order valence-electron chi connectivity index (χ3n) is 3.63. The van der Waals surface area contributed by atoms with Crippen molar-refractivity contribution in [3.63, 3.8) is 0 Å². The highest BCUT2D eigenvalue weighted by Crippen LogP contribution is 2.29. The number of nitro benzene ring substituents is 2. The normalized spacial score (nSPS) is 12.1. The number of non-ortho nitro benzene ring substituents is 1. The van der Waals surface area contributed by atoms with Gasteiger partial charge in [0.1, 0.15) is 5.69 Å². The Morgan fingerprint density at radius 2 is 1.96 bits per heavy atom. The molecule has 9 heteroatoms. The number of benzene rings is 1. The van der Waals surface area contributed by atoms with Crippen LogP contribution in [0.3, 0.4) is 0 Å². The van der Waals surface area contributed by atoms with Crippen LogP contribution in [-0.2, 0) is 4.74 Å². The number of rotatable bonds is 9. The molecule has 0 aliphatic rings. The largest absolute Gasteiger partial charge is 0.379 e. The van der Waals surface area contributed by atoms with Crippen molar-refractivity contribution >= 4 is 22.8 Å². The van der Waals surface area contributed by atoms with Crippen molar-refractivity contribution in [2.45, 2.75) is 45.6 Å². The van der Waals surface area contributed by atoms with Gasteiger partial charge < -0.3 is 4.74 Å². The summed E-state index contributed by atoms with van der Waals surface area (Å²) in [6.07, 6.45) is 2.43. The number of hydrogen-bond acceptors (Lipinski definition) is 7. The van der Waals surface area contributed by atoms with E-state index < -0.39 is 9.85 Å². The molecule has 0 heterocycles. The van der Waals surface area contributed by atoms with Gasteiger partial charge in [0.25, 0.3) is 5.69 Å². The first-order chi connectivity index (χ1) is 11.2. The molecule has 0 aliphatic heterocycles. The van der Waals surface area contributed by atoms with Crippen molar-refractivity contribution in [2.75, 3.05) is 12.5 Å². The van der Waals surface area contributed by atoms with Crippen LogP contribution in [0.4, 0.5) is 17.1 Å². The number of methoxy groups -OCH3 is 1. The van der Waals surface area contributed by atoms with Gasteiger partial charge in [-0.2, -0.15) is 5.10 Å². The number of hydrogen-bond donors (Lipinski definition) is 1. The molecule has 0 aliphatic carbocycles. The zero-order valence-electron chi connectivity index (χ0n) is 14.2. The van der Waals surface area contributed by atoms with Crippen molar-refractivity contribution in [3.05, 3.63) is 38.4 Å². The fraction of sp³-hybridized carbons (Fsp3) is 0.533. The minimum atomic E-state index is -0.679. The number of hydrazone groups is 1. The molecule has 1 aromatic carbocycles. The second kappa shape index (κ2) is 8.34. The Labute approximate surface area is 140 Å². The Balaban J connectivity index is 2.75. The van der Waals surface area contributed by atoms with Crippen molar-refractivity contribution in [1.82, 2.24) is 0 Å². The fourth-order valence-electron chi connectivity index (χ4n) is 1.96. The maximum atomic E-state index is 11.0. The Kier molecular flexibility index (Phi) is 6.78. The topological polar surface area (TPSA) is 120 Å². The molecule has 0 bridgehead atoms. The third-order valence-corrected chi connectivity index (χ3v) is 3.63. The molecule has 0 saturated carbocycles. The van der Waals surface area contributed by atoms with Gasteiger partial charge in [0.15, 0.2) is 0 Å². The Hall–Kier alpha value is -2.55. The number of ether oxygens (including phenoxy) is 1. The van der Waals surface area contributed by atoms with Crippen LogP contribution in [-0.4, -0.2) is 28.3 Å². The molecule has 0 radical (unpaired) electrons. The summed E-state index contributed by atoms with van der Waals surface area (Å²) in [4.78, 5) is 20.4. The van der Waals surface area contributed by atoms with Crippen LogP contribution in [0, 0.1) is 20.2 Å². The summed E-state index contributed by atoms with van der Waals surface area (Å²) in [6.45, 7) is 5.81. The maximum absolute atomic E-state index is 11.0. The highest BCUT2D eigenvalue weighted by Gasteiger charge is 2.19. The highest BCUT2D eigenvalue weighted by molar-refractivity contribution is 5.83. The van der Waals surface area contributed by atoms with Gasteiger partial charge >= 0.3 is 5.69 Å². The van der Waals surface area contributed by atoms with Crippen molar-refractivity contribution < 1.29 is 14.6 Å². The monoisotopic (exact) mass is 338 g/mol. The average molecular weight is 338 g/mol. The number of nitrogens with one attached hydrogen (secondary N) is 1. The first kappa shape index (κ1) is 19.5. The molecular weight excluding hydrogens is 316 g/mol. The maximum Gasteiger partial charge on any atom is 0.301 e. The molecule has 1 rings (SSSR count). The number of anilines is 1. The molecule has 0 amide bonds. The molecule has 0 unspecified atom stereocenters. The summed E-state index contributed by atoms with van der Waals surface area (Å²) in [5.74, 6) is 0. The molecule has 1 N–H and O–H groups in total. The van der Waals surface area contributed by atoms with E-state index in [0.29, 0.717) is 6.42 Å². The van der Waals surface area contributed by atoms with E-state index in [1.54, 1.807) is 7.11 Å². The van der Waals surface area contributed by atoms with Gasteiger partial charge in [-0.15, -0.1) is 0 Å². The first-order valence-electron chi connectivity index (χ1n) is 7.43. The summed E-state index contributed by atoms with van der Waals surface area (Å²) in [5, 5.41) is 25.8. The van der Waals surface area contributed by atoms with Crippen LogP contribution in [0.2, 0.25) is 0 Å². The summed E-state index contributed by atoms with van der Waals surface area (Å²) >= 11 is 0. The zero-order chi connectivity index (χ0) is 18.3. The predicted molar refractivity (Wildman–Crippen MR) is 91.4 cm³/mol. The zero-order valence-corrected chi connectivity index (χ0v) is 14.2. The molecule has 0 saturated heterocycles. The van der Waals surface area contributed by atoms with E-state index in [2.05, 4.69) is 10.5 Å². The lowest BCUT2D eigenvalue weighted by Crippen LogP contribution is -2.22. The molecule has 24 heavy (non-hydrogen) atoms. The summed E-state index contributed by atoms with van der Waals surface area (Å²) in [5.41, 5.74) is 2.57. The second-order valence-corrected chi connectivity index (χ2v) is 5.99. The smallest absolute Gasteiger partial charge is 0.301 e. The quantitative estimate of drug-likeness (QED) is 0.414. The summed E-state index contributed by atoms with van der Waals surface area (Å²) in [7, 11) is 1.66. The minimum absolute atomic E-state index is 0.113. The minimum Gasteiger partial charge on any atom is -0.379 e. The summed E-state index contributed by atoms with van der Waals surface area (Å²) < 4.78 is 5.34. The van der Waals surface area contributed by atoms with Gasteiger partial charge in [0.2, 0.25) is 0 Å². The van der Waals surface area contributed by atoms with Gasteiger partial charge in [0, 0.05) is 18.9 Å². The van der Waals surface area contributed by atoms with Crippen LogP contribution in [0.5, 0.6) is 0 Å². The lowest BCUT2D eigenvalue weighted by Gasteiger charge is -2.22. The van der Waals surface area contributed by atoms with E-state index in [9.17, 15) is 20.2 Å². The van der Waals surface area contributed by atoms with Crippen LogP contribution in [0.15, 0.2) is 23.3 Å². The highest BCUT2D eigenvalue weighted by atomic mass is 16.6. The van der Waals surface area contributed by atoms with Crippen molar-refractivity contribution in [1.29, 1.82) is 0 Å². The second-order valence-electron chi connectivity index (χ2n) is 5.99. The molecule has 0 atom stereocenters. The van der Waals surface area contributed by atoms with Gasteiger partial charge in [-0.1, -0.05) is 0 Å². The predicted octanol–water partition coefficient (Wildman–Crippen LogP) is 3.89. The van der Waals surface area contributed by atoms with E-state index >= 15 is 0 Å². The first-order valence-corrected chi connectivity index (χ1v) is 7.43. The van der Waals surface area contributed by atoms with Crippen LogP contribution in [0.1, 0.15) is 40.0 Å².